The van der Waals surface area contributed by atoms with Crippen molar-refractivity contribution in [2.45, 2.75) is 95.9 Å². The molecule has 280 valence electrons. The van der Waals surface area contributed by atoms with Crippen LogP contribution < -0.4 is 37.6 Å². The average Bonchev–Trinajstić information content (AvgIpc) is 3.05. The third kappa shape index (κ3) is 32.1. The minimum atomic E-state index is -1.44. The molecule has 48 heavy (non-hydrogen) atoms. The van der Waals surface area contributed by atoms with Crippen LogP contribution in [0.2, 0.25) is 0 Å². The van der Waals surface area contributed by atoms with Crippen molar-refractivity contribution in [1.29, 1.82) is 0 Å². The molecule has 0 aromatic heterocycles. The van der Waals surface area contributed by atoms with E-state index in [4.69, 9.17) is 27.5 Å². The molecular formula is C31H55IN3O13-. The molecule has 0 aromatic carbocycles. The first-order valence-electron chi connectivity index (χ1n) is 16.5. The van der Waals surface area contributed by atoms with Crippen molar-refractivity contribution in [3.63, 3.8) is 0 Å². The van der Waals surface area contributed by atoms with Crippen molar-refractivity contribution in [2.75, 3.05) is 65.9 Å². The largest absolute Gasteiger partial charge is 0.480 e. The van der Waals surface area contributed by atoms with Crippen LogP contribution in [-0.2, 0) is 47.7 Å². The molecule has 0 radical (unpaired) electrons. The fourth-order valence-corrected chi connectivity index (χ4v) is 4.58. The third-order valence-electron chi connectivity index (χ3n) is 6.76. The molecule has 0 aliphatic heterocycles. The van der Waals surface area contributed by atoms with Gasteiger partial charge in [0.25, 0.3) is 0 Å². The first-order chi connectivity index (χ1) is 23.1. The minimum Gasteiger partial charge on any atom is -0.480 e. The number of unbranched alkanes of at least 4 members (excludes halogenated alkanes) is 9. The number of nitrogens with one attached hydrogen (secondary N) is 3. The summed E-state index contributed by atoms with van der Waals surface area (Å²) in [5, 5.41) is 25.8. The summed E-state index contributed by atoms with van der Waals surface area (Å²) in [4.78, 5) is 68.9. The van der Waals surface area contributed by atoms with Gasteiger partial charge < -0.3 is 25.6 Å². The molecule has 16 nitrogen and oxygen atoms in total. The Balaban J connectivity index is 3.69. The Morgan fingerprint density at radius 3 is 1.54 bits per heavy atom. The van der Waals surface area contributed by atoms with Gasteiger partial charge in [0.2, 0.25) is 11.8 Å². The monoisotopic (exact) mass is 804 g/mol. The van der Waals surface area contributed by atoms with Gasteiger partial charge in [-0.05, 0) is 19.3 Å². The molecule has 0 bridgehead atoms. The van der Waals surface area contributed by atoms with Crippen molar-refractivity contribution in [3.8, 4) is 0 Å². The fraction of sp³-hybridized carbons (Fsp3) is 0.806. The summed E-state index contributed by atoms with van der Waals surface area (Å²) in [7, 11) is 0. The van der Waals surface area contributed by atoms with Gasteiger partial charge in [0.1, 0.15) is 6.04 Å². The Hall–Kier alpha value is -2.45. The summed E-state index contributed by atoms with van der Waals surface area (Å²) in [5.74, 6) is -2.97. The Morgan fingerprint density at radius 2 is 1.02 bits per heavy atom. The Morgan fingerprint density at radius 1 is 0.542 bits per heavy atom. The van der Waals surface area contributed by atoms with Crippen molar-refractivity contribution in [1.82, 2.24) is 16.0 Å². The summed E-state index contributed by atoms with van der Waals surface area (Å²) < 4.78 is 29.2. The topological polar surface area (TPSA) is 236 Å². The molecule has 0 aromatic rings. The molecule has 0 unspecified atom stereocenters. The predicted octanol–water partition coefficient (Wildman–Crippen LogP) is -2.08. The molecule has 0 saturated heterocycles. The smallest absolute Gasteiger partial charge is 0.326 e. The number of carbonyl (C=O) groups excluding carboxylic acids is 4. The maximum atomic E-state index is 12.2. The maximum absolute atomic E-state index is 12.2. The predicted molar refractivity (Wildman–Crippen MR) is 168 cm³/mol. The summed E-state index contributed by atoms with van der Waals surface area (Å²) in [6.07, 6.45) is 10.0. The molecule has 0 aliphatic carbocycles. The first-order valence-corrected chi connectivity index (χ1v) is 18.6. The van der Waals surface area contributed by atoms with Gasteiger partial charge in [-0.1, -0.05) is 51.4 Å². The zero-order valence-corrected chi connectivity index (χ0v) is 30.0. The van der Waals surface area contributed by atoms with Crippen LogP contribution in [0.3, 0.4) is 0 Å². The molecule has 0 saturated carbocycles. The Labute approximate surface area is 293 Å². The second kappa shape index (κ2) is 33.1. The third-order valence-corrected chi connectivity index (χ3v) is 7.61. The first kappa shape index (κ1) is 45.6. The van der Waals surface area contributed by atoms with Crippen LogP contribution in [0.25, 0.3) is 0 Å². The van der Waals surface area contributed by atoms with Gasteiger partial charge in [0.05, 0.1) is 19.8 Å². The number of hydrogen-bond donors (Lipinski definition) is 6. The number of aliphatic carboxylic acids is 2. The number of hydrogen-bond acceptors (Lipinski definition) is 11. The fourth-order valence-electron chi connectivity index (χ4n) is 4.22. The standard InChI is InChI=1S/C31H55IN3O13/c36-26(32-44)23-47-21-19-46-18-16-34-29(39)24-48-22-20-45-17-15-33-27(37)14-13-25(31(42)43)35-28(38)11-9-7-5-3-1-2-4-6-8-10-12-30(40)41/h25,44H,1-24H2,(H,33,37)(H,34,39)(H,35,38)(H,40,41)(H,42,43)/q-1/t25-/m0/s1. The van der Waals surface area contributed by atoms with Gasteiger partial charge >= 0.3 is 115 Å². The molecule has 3 amide bonds. The van der Waals surface area contributed by atoms with E-state index in [1.807, 2.05) is 0 Å². The van der Waals surface area contributed by atoms with Crippen LogP contribution in [0.5, 0.6) is 0 Å². The normalized spacial score (nSPS) is 11.6. The number of amides is 3. The Bertz CT molecular complexity index is 911. The van der Waals surface area contributed by atoms with E-state index >= 15 is 0 Å². The number of ether oxygens (including phenoxy) is 4. The summed E-state index contributed by atoms with van der Waals surface area (Å²) >= 11 is -1.44. The molecule has 1 atom stereocenters. The quantitative estimate of drug-likeness (QED) is 0.0230. The molecular weight excluding hydrogens is 749 g/mol. The SMILES string of the molecule is O=C(O)CCCCCCCCCCCCC(=O)N[C@@H](CCC(=O)NCCOCCOCC(=O)NCCOCCOCC(=O)[I-]O)C(=O)O. The molecule has 0 fully saturated rings. The minimum absolute atomic E-state index is 0.0327. The summed E-state index contributed by atoms with van der Waals surface area (Å²) in [6, 6.07) is -1.15. The zero-order chi connectivity index (χ0) is 35.7. The molecule has 0 aliphatic rings. The maximum Gasteiger partial charge on any atom is 0.326 e. The van der Waals surface area contributed by atoms with Gasteiger partial charge in [-0.3, -0.25) is 14.4 Å². The molecule has 0 spiro atoms. The van der Waals surface area contributed by atoms with Crippen LogP contribution in [0.1, 0.15) is 89.9 Å². The average molecular weight is 805 g/mol. The molecule has 6 N–H and O–H groups in total. The summed E-state index contributed by atoms with van der Waals surface area (Å²) in [6.45, 7) is 1.52. The molecule has 17 heteroatoms. The Kier molecular flexibility index (Phi) is 31.4. The van der Waals surface area contributed by atoms with Crippen LogP contribution in [0.4, 0.5) is 0 Å². The van der Waals surface area contributed by atoms with E-state index in [1.54, 1.807) is 0 Å². The molecule has 0 rings (SSSR count). The number of halogens is 1. The number of rotatable bonds is 35. The van der Waals surface area contributed by atoms with Crippen LogP contribution in [0, 0.1) is 0 Å². The van der Waals surface area contributed by atoms with Crippen molar-refractivity contribution >= 4 is 33.5 Å². The van der Waals surface area contributed by atoms with Crippen molar-refractivity contribution < 1.29 is 83.0 Å². The van der Waals surface area contributed by atoms with E-state index in [0.717, 1.165) is 57.8 Å². The van der Waals surface area contributed by atoms with Gasteiger partial charge in [-0.2, -0.15) is 0 Å². The van der Waals surface area contributed by atoms with Crippen LogP contribution in [0.15, 0.2) is 0 Å². The van der Waals surface area contributed by atoms with Gasteiger partial charge in [-0.15, -0.1) is 0 Å². The second-order valence-electron chi connectivity index (χ2n) is 10.9. The van der Waals surface area contributed by atoms with Crippen molar-refractivity contribution in [3.05, 3.63) is 0 Å². The van der Waals surface area contributed by atoms with Gasteiger partial charge in [0, 0.05) is 25.8 Å². The zero-order valence-electron chi connectivity index (χ0n) is 27.9. The van der Waals surface area contributed by atoms with Crippen LogP contribution >= 0.6 is 0 Å². The molecule has 0 heterocycles. The van der Waals surface area contributed by atoms with E-state index in [2.05, 4.69) is 16.0 Å². The number of carboxylic acid groups (broad SMARTS) is 2. The van der Waals surface area contributed by atoms with E-state index in [1.165, 1.54) is 0 Å². The van der Waals surface area contributed by atoms with Crippen molar-refractivity contribution in [2.24, 2.45) is 0 Å². The second-order valence-corrected chi connectivity index (χ2v) is 12.6. The van der Waals surface area contributed by atoms with E-state index in [9.17, 15) is 33.9 Å². The summed E-state index contributed by atoms with van der Waals surface area (Å²) in [5.41, 5.74) is 0. The van der Waals surface area contributed by atoms with Gasteiger partial charge in [-0.25, -0.2) is 4.79 Å². The number of carbonyl (C=O) groups is 6. The van der Waals surface area contributed by atoms with E-state index < -0.39 is 39.6 Å². The number of carboxylic acids is 2. The van der Waals surface area contributed by atoms with E-state index in [-0.39, 0.29) is 113 Å². The van der Waals surface area contributed by atoms with Crippen LogP contribution in [-0.4, -0.2) is 119 Å². The van der Waals surface area contributed by atoms with E-state index in [0.29, 0.717) is 6.42 Å². The van der Waals surface area contributed by atoms with Gasteiger partial charge in [0.15, 0.2) is 0 Å².